The molecule has 0 radical (unpaired) electrons. The zero-order valence-electron chi connectivity index (χ0n) is 13.8. The molecule has 1 aliphatic carbocycles. The van der Waals surface area contributed by atoms with E-state index in [2.05, 4.69) is 26.0 Å². The molecule has 21 heavy (non-hydrogen) atoms. The van der Waals surface area contributed by atoms with Gasteiger partial charge in [-0.3, -0.25) is 0 Å². The average Bonchev–Trinajstić information content (AvgIpc) is 2.48. The maximum atomic E-state index is 10.6. The lowest BCUT2D eigenvalue weighted by molar-refractivity contribution is 0.0723. The first-order valence-electron chi connectivity index (χ1n) is 8.45. The molecule has 118 valence electrons. The van der Waals surface area contributed by atoms with E-state index in [1.165, 1.54) is 44.1 Å². The van der Waals surface area contributed by atoms with Crippen LogP contribution in [-0.4, -0.2) is 18.3 Å². The number of methoxy groups -OCH3 is 1. The first-order chi connectivity index (χ1) is 10.1. The van der Waals surface area contributed by atoms with Gasteiger partial charge in [-0.05, 0) is 43.2 Å². The Morgan fingerprint density at radius 2 is 1.95 bits per heavy atom. The SMILES string of the molecule is CCCC1CCC(C(O)Cc2cc(C)ccc2OC)CC1. The van der Waals surface area contributed by atoms with Gasteiger partial charge in [0.2, 0.25) is 0 Å². The predicted octanol–water partition coefficient (Wildman–Crippen LogP) is 4.51. The first kappa shape index (κ1) is 16.4. The minimum absolute atomic E-state index is 0.233. The molecular weight excluding hydrogens is 260 g/mol. The summed E-state index contributed by atoms with van der Waals surface area (Å²) in [5.41, 5.74) is 2.37. The number of aryl methyl sites for hydroxylation is 1. The van der Waals surface area contributed by atoms with Gasteiger partial charge in [-0.1, -0.05) is 50.3 Å². The molecule has 1 saturated carbocycles. The van der Waals surface area contributed by atoms with E-state index >= 15 is 0 Å². The van der Waals surface area contributed by atoms with Gasteiger partial charge >= 0.3 is 0 Å². The zero-order chi connectivity index (χ0) is 15.2. The molecule has 1 N–H and O–H groups in total. The Morgan fingerprint density at radius 3 is 2.57 bits per heavy atom. The minimum Gasteiger partial charge on any atom is -0.496 e. The largest absolute Gasteiger partial charge is 0.496 e. The molecule has 1 aromatic rings. The fourth-order valence-electron chi connectivity index (χ4n) is 3.73. The standard InChI is InChI=1S/C19H30O2/c1-4-5-15-7-9-16(10-8-15)18(20)13-17-12-14(2)6-11-19(17)21-3/h6,11-12,15-16,18,20H,4-5,7-10,13H2,1-3H3. The average molecular weight is 290 g/mol. The summed E-state index contributed by atoms with van der Waals surface area (Å²) in [7, 11) is 1.70. The van der Waals surface area contributed by atoms with E-state index < -0.39 is 0 Å². The molecule has 0 saturated heterocycles. The van der Waals surface area contributed by atoms with Gasteiger partial charge in [-0.25, -0.2) is 0 Å². The van der Waals surface area contributed by atoms with Crippen molar-refractivity contribution in [3.05, 3.63) is 29.3 Å². The Balaban J connectivity index is 1.93. The molecule has 1 atom stereocenters. The summed E-state index contributed by atoms with van der Waals surface area (Å²) in [6.45, 7) is 4.36. The van der Waals surface area contributed by atoms with Crippen LogP contribution in [0, 0.1) is 18.8 Å². The van der Waals surface area contributed by atoms with Gasteiger partial charge in [0.05, 0.1) is 13.2 Å². The van der Waals surface area contributed by atoms with Gasteiger partial charge in [0.15, 0.2) is 0 Å². The number of aliphatic hydroxyl groups excluding tert-OH is 1. The summed E-state index contributed by atoms with van der Waals surface area (Å²) >= 11 is 0. The van der Waals surface area contributed by atoms with Crippen LogP contribution in [-0.2, 0) is 6.42 Å². The quantitative estimate of drug-likeness (QED) is 0.835. The highest BCUT2D eigenvalue weighted by atomic mass is 16.5. The molecular formula is C19H30O2. The Hall–Kier alpha value is -1.02. The molecule has 0 bridgehead atoms. The number of hydrogen-bond acceptors (Lipinski definition) is 2. The van der Waals surface area contributed by atoms with Crippen molar-refractivity contribution in [2.75, 3.05) is 7.11 Å². The maximum absolute atomic E-state index is 10.6. The van der Waals surface area contributed by atoms with Crippen LogP contribution in [0.5, 0.6) is 5.75 Å². The molecule has 1 aliphatic rings. The summed E-state index contributed by atoms with van der Waals surface area (Å²) in [5, 5.41) is 10.6. The summed E-state index contributed by atoms with van der Waals surface area (Å²) in [5.74, 6) is 2.26. The van der Waals surface area contributed by atoms with Gasteiger partial charge in [0, 0.05) is 6.42 Å². The summed E-state index contributed by atoms with van der Waals surface area (Å²) < 4.78 is 5.43. The molecule has 0 spiro atoms. The van der Waals surface area contributed by atoms with Crippen molar-refractivity contribution in [3.8, 4) is 5.75 Å². The van der Waals surface area contributed by atoms with Gasteiger partial charge in [0.25, 0.3) is 0 Å². The van der Waals surface area contributed by atoms with Crippen molar-refractivity contribution < 1.29 is 9.84 Å². The fraction of sp³-hybridized carbons (Fsp3) is 0.684. The number of aliphatic hydroxyl groups is 1. The highest BCUT2D eigenvalue weighted by molar-refractivity contribution is 5.37. The molecule has 2 rings (SSSR count). The molecule has 0 amide bonds. The van der Waals surface area contributed by atoms with Crippen LogP contribution in [0.3, 0.4) is 0 Å². The highest BCUT2D eigenvalue weighted by Gasteiger charge is 2.26. The molecule has 2 nitrogen and oxygen atoms in total. The van der Waals surface area contributed by atoms with E-state index in [9.17, 15) is 5.11 Å². The summed E-state index contributed by atoms with van der Waals surface area (Å²) in [4.78, 5) is 0. The van der Waals surface area contributed by atoms with E-state index in [0.717, 1.165) is 17.2 Å². The normalized spacial score (nSPS) is 23.8. The van der Waals surface area contributed by atoms with Gasteiger partial charge < -0.3 is 9.84 Å². The monoisotopic (exact) mass is 290 g/mol. The highest BCUT2D eigenvalue weighted by Crippen LogP contribution is 2.34. The van der Waals surface area contributed by atoms with Crippen molar-refractivity contribution >= 4 is 0 Å². The fourth-order valence-corrected chi connectivity index (χ4v) is 3.73. The minimum atomic E-state index is -0.233. The van der Waals surface area contributed by atoms with Gasteiger partial charge in [-0.2, -0.15) is 0 Å². The third kappa shape index (κ3) is 4.47. The Labute approximate surface area is 129 Å². The lowest BCUT2D eigenvalue weighted by atomic mass is 9.77. The van der Waals surface area contributed by atoms with Crippen LogP contribution in [0.1, 0.15) is 56.6 Å². The number of rotatable bonds is 6. The second-order valence-corrected chi connectivity index (χ2v) is 6.66. The molecule has 2 heteroatoms. The van der Waals surface area contributed by atoms with E-state index in [1.54, 1.807) is 7.11 Å². The molecule has 0 aromatic heterocycles. The molecule has 0 aliphatic heterocycles. The first-order valence-corrected chi connectivity index (χ1v) is 8.45. The number of ether oxygens (including phenoxy) is 1. The third-order valence-electron chi connectivity index (χ3n) is 5.00. The van der Waals surface area contributed by atoms with Crippen molar-refractivity contribution in [2.24, 2.45) is 11.8 Å². The number of benzene rings is 1. The topological polar surface area (TPSA) is 29.5 Å². The van der Waals surface area contributed by atoms with Crippen molar-refractivity contribution in [2.45, 2.75) is 64.9 Å². The summed E-state index contributed by atoms with van der Waals surface area (Å²) in [6.07, 6.45) is 8.07. The smallest absolute Gasteiger partial charge is 0.122 e. The lowest BCUT2D eigenvalue weighted by Crippen LogP contribution is -2.27. The Morgan fingerprint density at radius 1 is 1.24 bits per heavy atom. The zero-order valence-corrected chi connectivity index (χ0v) is 13.8. The maximum Gasteiger partial charge on any atom is 0.122 e. The van der Waals surface area contributed by atoms with Crippen molar-refractivity contribution in [1.29, 1.82) is 0 Å². The molecule has 1 aromatic carbocycles. The van der Waals surface area contributed by atoms with Crippen molar-refractivity contribution in [3.63, 3.8) is 0 Å². The van der Waals surface area contributed by atoms with Crippen LogP contribution in [0.25, 0.3) is 0 Å². The van der Waals surface area contributed by atoms with E-state index in [4.69, 9.17) is 4.74 Å². The second-order valence-electron chi connectivity index (χ2n) is 6.66. The second kappa shape index (κ2) is 7.84. The third-order valence-corrected chi connectivity index (χ3v) is 5.00. The van der Waals surface area contributed by atoms with Gasteiger partial charge in [0.1, 0.15) is 5.75 Å². The molecule has 1 unspecified atom stereocenters. The summed E-state index contributed by atoms with van der Waals surface area (Å²) in [6, 6.07) is 6.21. The van der Waals surface area contributed by atoms with E-state index in [0.29, 0.717) is 12.3 Å². The van der Waals surface area contributed by atoms with Crippen LogP contribution < -0.4 is 4.74 Å². The van der Waals surface area contributed by atoms with Gasteiger partial charge in [-0.15, -0.1) is 0 Å². The molecule has 1 fully saturated rings. The van der Waals surface area contributed by atoms with Crippen LogP contribution in [0.4, 0.5) is 0 Å². The Kier molecular flexibility index (Phi) is 6.10. The van der Waals surface area contributed by atoms with Crippen LogP contribution in [0.2, 0.25) is 0 Å². The van der Waals surface area contributed by atoms with E-state index in [-0.39, 0.29) is 6.10 Å². The number of hydrogen-bond donors (Lipinski definition) is 1. The lowest BCUT2D eigenvalue weighted by Gasteiger charge is -2.31. The van der Waals surface area contributed by atoms with Crippen molar-refractivity contribution in [1.82, 2.24) is 0 Å². The van der Waals surface area contributed by atoms with Crippen LogP contribution in [0.15, 0.2) is 18.2 Å². The van der Waals surface area contributed by atoms with Crippen LogP contribution >= 0.6 is 0 Å². The Bertz CT molecular complexity index is 433. The molecule has 0 heterocycles. The predicted molar refractivity (Wildman–Crippen MR) is 87.8 cm³/mol. The van der Waals surface area contributed by atoms with E-state index in [1.807, 2.05) is 6.07 Å².